The highest BCUT2D eigenvalue weighted by Crippen LogP contribution is 2.12. The lowest BCUT2D eigenvalue weighted by molar-refractivity contribution is 0.0695. The van der Waals surface area contributed by atoms with Crippen LogP contribution in [0.25, 0.3) is 0 Å². The normalized spacial score (nSPS) is 12.1. The third-order valence-corrected chi connectivity index (χ3v) is 2.98. The predicted octanol–water partition coefficient (Wildman–Crippen LogP) is 2.63. The van der Waals surface area contributed by atoms with E-state index in [1.54, 1.807) is 18.3 Å². The molecule has 1 aromatic carbocycles. The van der Waals surface area contributed by atoms with Gasteiger partial charge >= 0.3 is 5.97 Å². The van der Waals surface area contributed by atoms with Gasteiger partial charge in [-0.2, -0.15) is 0 Å². The van der Waals surface area contributed by atoms with Gasteiger partial charge in [-0.25, -0.2) is 4.79 Å². The van der Waals surface area contributed by atoms with Crippen LogP contribution in [0.15, 0.2) is 48.7 Å². The number of carboxylic acids is 1. The summed E-state index contributed by atoms with van der Waals surface area (Å²) in [6.07, 6.45) is 1.75. The van der Waals surface area contributed by atoms with E-state index in [1.807, 2.05) is 37.3 Å². The second kappa shape index (κ2) is 6.11. The summed E-state index contributed by atoms with van der Waals surface area (Å²) < 4.78 is 0. The Morgan fingerprint density at radius 3 is 2.68 bits per heavy atom. The minimum absolute atomic E-state index is 0.0723. The Bertz CT molecular complexity index is 555. The lowest BCUT2D eigenvalue weighted by atomic mass is 10.1. The second-order valence-corrected chi connectivity index (χ2v) is 4.32. The summed E-state index contributed by atoms with van der Waals surface area (Å²) >= 11 is 0. The van der Waals surface area contributed by atoms with Crippen molar-refractivity contribution >= 4 is 5.97 Å². The van der Waals surface area contributed by atoms with Crippen LogP contribution in [-0.4, -0.2) is 16.1 Å². The number of aromatic carboxylic acids is 1. The molecule has 0 bridgehead atoms. The molecule has 1 heterocycles. The van der Waals surface area contributed by atoms with E-state index in [1.165, 1.54) is 0 Å². The first-order valence-corrected chi connectivity index (χ1v) is 6.14. The zero-order chi connectivity index (χ0) is 13.7. The molecular weight excluding hydrogens is 240 g/mol. The molecule has 0 aliphatic heterocycles. The number of hydrogen-bond acceptors (Lipinski definition) is 3. The molecule has 1 atom stereocenters. The Labute approximate surface area is 112 Å². The van der Waals surface area contributed by atoms with Gasteiger partial charge in [0.25, 0.3) is 0 Å². The first kappa shape index (κ1) is 13.2. The number of pyridine rings is 1. The summed E-state index contributed by atoms with van der Waals surface area (Å²) in [5, 5.41) is 12.4. The summed E-state index contributed by atoms with van der Waals surface area (Å²) in [7, 11) is 0. The minimum atomic E-state index is -0.900. The van der Waals surface area contributed by atoms with Crippen LogP contribution < -0.4 is 5.32 Å². The van der Waals surface area contributed by atoms with Crippen molar-refractivity contribution < 1.29 is 9.90 Å². The fourth-order valence-electron chi connectivity index (χ4n) is 1.88. The molecule has 4 nitrogen and oxygen atoms in total. The van der Waals surface area contributed by atoms with Crippen molar-refractivity contribution in [2.45, 2.75) is 19.5 Å². The average Bonchev–Trinajstić information content (AvgIpc) is 2.46. The molecule has 19 heavy (non-hydrogen) atoms. The summed E-state index contributed by atoms with van der Waals surface area (Å²) in [4.78, 5) is 15.4. The Kier molecular flexibility index (Phi) is 4.26. The fourth-order valence-corrected chi connectivity index (χ4v) is 1.88. The maximum absolute atomic E-state index is 11.1. The number of nitrogens with one attached hydrogen (secondary N) is 1. The van der Waals surface area contributed by atoms with Gasteiger partial charge in [0.1, 0.15) is 0 Å². The van der Waals surface area contributed by atoms with E-state index in [9.17, 15) is 4.79 Å². The zero-order valence-electron chi connectivity index (χ0n) is 10.7. The summed E-state index contributed by atoms with van der Waals surface area (Å²) in [5.41, 5.74) is 2.05. The Hall–Kier alpha value is -2.20. The molecule has 0 fully saturated rings. The van der Waals surface area contributed by atoms with Crippen LogP contribution in [-0.2, 0) is 6.54 Å². The van der Waals surface area contributed by atoms with Crippen LogP contribution >= 0.6 is 0 Å². The molecule has 0 amide bonds. The quantitative estimate of drug-likeness (QED) is 0.863. The topological polar surface area (TPSA) is 62.2 Å². The molecule has 0 saturated carbocycles. The van der Waals surface area contributed by atoms with Crippen molar-refractivity contribution in [1.82, 2.24) is 10.3 Å². The van der Waals surface area contributed by atoms with E-state index in [0.717, 1.165) is 11.3 Å². The molecule has 0 aliphatic carbocycles. The van der Waals surface area contributed by atoms with Gasteiger partial charge in [-0.1, -0.05) is 24.3 Å². The number of carbonyl (C=O) groups is 1. The van der Waals surface area contributed by atoms with Gasteiger partial charge in [0.2, 0.25) is 0 Å². The molecule has 1 aromatic heterocycles. The van der Waals surface area contributed by atoms with E-state index in [-0.39, 0.29) is 6.04 Å². The first-order chi connectivity index (χ1) is 9.18. The van der Waals surface area contributed by atoms with Crippen molar-refractivity contribution in [3.63, 3.8) is 0 Å². The number of aromatic nitrogens is 1. The van der Waals surface area contributed by atoms with Crippen molar-refractivity contribution in [2.24, 2.45) is 0 Å². The highest BCUT2D eigenvalue weighted by Gasteiger charge is 2.10. The molecule has 2 rings (SSSR count). The number of benzene rings is 1. The van der Waals surface area contributed by atoms with Gasteiger partial charge in [0.05, 0.1) is 11.3 Å². The van der Waals surface area contributed by atoms with Gasteiger partial charge in [0, 0.05) is 18.8 Å². The molecule has 2 N–H and O–H groups in total. The summed E-state index contributed by atoms with van der Waals surface area (Å²) in [6, 6.07) is 12.8. The predicted molar refractivity (Wildman–Crippen MR) is 72.9 cm³/mol. The molecule has 0 saturated heterocycles. The SMILES string of the molecule is C[C@@H](NCc1ccccc1C(=O)O)c1ccccn1. The molecule has 0 radical (unpaired) electrons. The monoisotopic (exact) mass is 256 g/mol. The summed E-state index contributed by atoms with van der Waals surface area (Å²) in [5.74, 6) is -0.900. The molecule has 0 unspecified atom stereocenters. The lowest BCUT2D eigenvalue weighted by Gasteiger charge is -2.14. The highest BCUT2D eigenvalue weighted by molar-refractivity contribution is 5.89. The number of carboxylic acid groups (broad SMARTS) is 1. The Balaban J connectivity index is 2.05. The molecule has 0 spiro atoms. The standard InChI is InChI=1S/C15H16N2O2/c1-11(14-8-4-5-9-16-14)17-10-12-6-2-3-7-13(12)15(18)19/h2-9,11,17H,10H2,1H3,(H,18,19)/t11-/m1/s1. The van der Waals surface area contributed by atoms with Gasteiger partial charge < -0.3 is 10.4 Å². The van der Waals surface area contributed by atoms with Crippen LogP contribution in [0, 0.1) is 0 Å². The Morgan fingerprint density at radius 1 is 1.26 bits per heavy atom. The lowest BCUT2D eigenvalue weighted by Crippen LogP contribution is -2.20. The number of nitrogens with zero attached hydrogens (tertiary/aromatic N) is 1. The van der Waals surface area contributed by atoms with E-state index in [0.29, 0.717) is 12.1 Å². The largest absolute Gasteiger partial charge is 0.478 e. The molecule has 98 valence electrons. The van der Waals surface area contributed by atoms with Crippen LogP contribution in [0.1, 0.15) is 34.6 Å². The van der Waals surface area contributed by atoms with Crippen LogP contribution in [0.3, 0.4) is 0 Å². The molecular formula is C15H16N2O2. The maximum atomic E-state index is 11.1. The van der Waals surface area contributed by atoms with Crippen molar-refractivity contribution in [2.75, 3.05) is 0 Å². The van der Waals surface area contributed by atoms with Gasteiger partial charge in [-0.05, 0) is 30.7 Å². The van der Waals surface area contributed by atoms with E-state index < -0.39 is 5.97 Å². The third-order valence-electron chi connectivity index (χ3n) is 2.98. The third kappa shape index (κ3) is 3.39. The van der Waals surface area contributed by atoms with Crippen LogP contribution in [0.5, 0.6) is 0 Å². The van der Waals surface area contributed by atoms with E-state index in [4.69, 9.17) is 5.11 Å². The molecule has 0 aliphatic rings. The van der Waals surface area contributed by atoms with E-state index >= 15 is 0 Å². The summed E-state index contributed by atoms with van der Waals surface area (Å²) in [6.45, 7) is 2.51. The van der Waals surface area contributed by atoms with Crippen LogP contribution in [0.4, 0.5) is 0 Å². The van der Waals surface area contributed by atoms with Gasteiger partial charge in [0.15, 0.2) is 0 Å². The number of hydrogen-bond donors (Lipinski definition) is 2. The fraction of sp³-hybridized carbons (Fsp3) is 0.200. The average molecular weight is 256 g/mol. The smallest absolute Gasteiger partial charge is 0.336 e. The Morgan fingerprint density at radius 2 is 2.00 bits per heavy atom. The second-order valence-electron chi connectivity index (χ2n) is 4.32. The minimum Gasteiger partial charge on any atom is -0.478 e. The zero-order valence-corrected chi connectivity index (χ0v) is 10.7. The molecule has 4 heteroatoms. The van der Waals surface area contributed by atoms with Gasteiger partial charge in [-0.3, -0.25) is 4.98 Å². The van der Waals surface area contributed by atoms with E-state index in [2.05, 4.69) is 10.3 Å². The molecule has 2 aromatic rings. The van der Waals surface area contributed by atoms with Gasteiger partial charge in [-0.15, -0.1) is 0 Å². The first-order valence-electron chi connectivity index (χ1n) is 6.14. The van der Waals surface area contributed by atoms with Crippen molar-refractivity contribution in [3.05, 3.63) is 65.5 Å². The van der Waals surface area contributed by atoms with Crippen molar-refractivity contribution in [1.29, 1.82) is 0 Å². The highest BCUT2D eigenvalue weighted by atomic mass is 16.4. The van der Waals surface area contributed by atoms with Crippen molar-refractivity contribution in [3.8, 4) is 0 Å². The maximum Gasteiger partial charge on any atom is 0.336 e. The van der Waals surface area contributed by atoms with Crippen LogP contribution in [0.2, 0.25) is 0 Å². The number of rotatable bonds is 5.